The van der Waals surface area contributed by atoms with Gasteiger partial charge in [-0.2, -0.15) is 0 Å². The van der Waals surface area contributed by atoms with Crippen LogP contribution in [-0.2, 0) is 14.3 Å². The molecule has 1 aromatic carbocycles. The van der Waals surface area contributed by atoms with Crippen LogP contribution < -0.4 is 4.74 Å². The van der Waals surface area contributed by atoms with Gasteiger partial charge in [0, 0.05) is 6.07 Å². The summed E-state index contributed by atoms with van der Waals surface area (Å²) in [6.07, 6.45) is 1.48. The molecule has 1 aliphatic heterocycles. The molecule has 8 nitrogen and oxygen atoms in total. The molecule has 132 valence electrons. The van der Waals surface area contributed by atoms with E-state index in [2.05, 4.69) is 4.74 Å². The summed E-state index contributed by atoms with van der Waals surface area (Å²) >= 11 is 6.17. The van der Waals surface area contributed by atoms with Crippen LogP contribution in [0.4, 0.5) is 5.69 Å². The third kappa shape index (κ3) is 3.80. The van der Waals surface area contributed by atoms with E-state index >= 15 is 0 Å². The maximum atomic E-state index is 12.5. The van der Waals surface area contributed by atoms with Crippen LogP contribution in [0.25, 0.3) is 6.08 Å². The van der Waals surface area contributed by atoms with Crippen molar-refractivity contribution in [2.75, 3.05) is 14.2 Å². The van der Waals surface area contributed by atoms with Crippen LogP contribution in [0.15, 0.2) is 23.1 Å². The number of methoxy groups -OCH3 is 2. The molecule has 1 aromatic rings. The van der Waals surface area contributed by atoms with E-state index in [1.807, 2.05) is 0 Å². The van der Waals surface area contributed by atoms with Crippen molar-refractivity contribution in [1.29, 1.82) is 0 Å². The Balaban J connectivity index is 2.35. The normalized spacial score (nSPS) is 16.9. The van der Waals surface area contributed by atoms with Gasteiger partial charge in [-0.25, -0.2) is 4.79 Å². The van der Waals surface area contributed by atoms with Crippen LogP contribution in [0, 0.1) is 10.1 Å². The van der Waals surface area contributed by atoms with Gasteiger partial charge in [-0.1, -0.05) is 30.0 Å². The number of benzene rings is 1. The van der Waals surface area contributed by atoms with Crippen molar-refractivity contribution in [3.05, 3.63) is 38.8 Å². The van der Waals surface area contributed by atoms with Crippen LogP contribution in [0.5, 0.6) is 5.75 Å². The number of nitro benzene ring substituents is 1. The monoisotopic (exact) mass is 382 g/mol. The molecule has 0 spiro atoms. The van der Waals surface area contributed by atoms with Gasteiger partial charge in [0.15, 0.2) is 5.75 Å². The number of nitrogens with zero attached hydrogens (tertiary/aromatic N) is 2. The Morgan fingerprint density at radius 3 is 2.68 bits per heavy atom. The zero-order valence-electron chi connectivity index (χ0n) is 13.5. The Morgan fingerprint density at radius 1 is 1.44 bits per heavy atom. The van der Waals surface area contributed by atoms with E-state index in [0.717, 1.165) is 16.7 Å². The third-order valence-electron chi connectivity index (χ3n) is 3.45. The van der Waals surface area contributed by atoms with Gasteiger partial charge in [-0.05, 0) is 24.6 Å². The van der Waals surface area contributed by atoms with Crippen molar-refractivity contribution in [3.63, 3.8) is 0 Å². The minimum absolute atomic E-state index is 0.119. The number of thioether (sulfide) groups is 1. The fourth-order valence-electron chi connectivity index (χ4n) is 2.18. The first-order chi connectivity index (χ1) is 11.8. The van der Waals surface area contributed by atoms with Crippen molar-refractivity contribution in [2.45, 2.75) is 13.0 Å². The third-order valence-corrected chi connectivity index (χ3v) is 4.78. The molecule has 1 amide bonds. The number of hydrogen-bond donors (Lipinski definition) is 0. The number of thiocarbonyl (C=S) groups is 1. The SMILES string of the molecule is COC(=O)C(C)N1C(=O)C(=Cc2ccc(OC)c([N+](=O)[O-])c2)SC1=S. The van der Waals surface area contributed by atoms with Crippen LogP contribution in [0.1, 0.15) is 12.5 Å². The number of ether oxygens (including phenoxy) is 2. The number of esters is 1. The summed E-state index contributed by atoms with van der Waals surface area (Å²) in [7, 11) is 2.56. The molecule has 1 aliphatic rings. The topological polar surface area (TPSA) is 99.0 Å². The summed E-state index contributed by atoms with van der Waals surface area (Å²) < 4.78 is 9.79. The molecule has 0 N–H and O–H groups in total. The molecule has 0 aromatic heterocycles. The number of carbonyl (C=O) groups is 2. The van der Waals surface area contributed by atoms with Crippen molar-refractivity contribution >= 4 is 51.9 Å². The maximum absolute atomic E-state index is 12.5. The van der Waals surface area contributed by atoms with E-state index in [9.17, 15) is 19.7 Å². The number of hydrogen-bond acceptors (Lipinski definition) is 8. The molecular formula is C15H14N2O6S2. The molecule has 2 rings (SSSR count). The molecule has 0 saturated carbocycles. The highest BCUT2D eigenvalue weighted by molar-refractivity contribution is 8.26. The van der Waals surface area contributed by atoms with Gasteiger partial charge in [-0.3, -0.25) is 19.8 Å². The Hall–Kier alpha value is -2.46. The molecule has 0 radical (unpaired) electrons. The highest BCUT2D eigenvalue weighted by Crippen LogP contribution is 2.35. The van der Waals surface area contributed by atoms with Crippen LogP contribution >= 0.6 is 24.0 Å². The molecule has 25 heavy (non-hydrogen) atoms. The van der Waals surface area contributed by atoms with Gasteiger partial charge >= 0.3 is 11.7 Å². The van der Waals surface area contributed by atoms with Gasteiger partial charge in [0.2, 0.25) is 0 Å². The second kappa shape index (κ2) is 7.62. The summed E-state index contributed by atoms with van der Waals surface area (Å²) in [5.41, 5.74) is 0.230. The van der Waals surface area contributed by atoms with Gasteiger partial charge in [0.25, 0.3) is 5.91 Å². The fourth-order valence-corrected chi connectivity index (χ4v) is 3.60. The smallest absolute Gasteiger partial charge is 0.328 e. The van der Waals surface area contributed by atoms with Crippen LogP contribution in [0.3, 0.4) is 0 Å². The lowest BCUT2D eigenvalue weighted by Crippen LogP contribution is -2.42. The summed E-state index contributed by atoms with van der Waals surface area (Å²) in [5.74, 6) is -0.919. The highest BCUT2D eigenvalue weighted by Gasteiger charge is 2.38. The van der Waals surface area contributed by atoms with Crippen LogP contribution in [-0.4, -0.2) is 46.3 Å². The first-order valence-electron chi connectivity index (χ1n) is 6.97. The molecule has 1 saturated heterocycles. The lowest BCUT2D eigenvalue weighted by Gasteiger charge is -2.20. The molecule has 1 fully saturated rings. The highest BCUT2D eigenvalue weighted by atomic mass is 32.2. The minimum Gasteiger partial charge on any atom is -0.490 e. The first-order valence-corrected chi connectivity index (χ1v) is 8.20. The largest absolute Gasteiger partial charge is 0.490 e. The Bertz CT molecular complexity index is 792. The minimum atomic E-state index is -0.853. The predicted molar refractivity (Wildman–Crippen MR) is 96.1 cm³/mol. The second-order valence-electron chi connectivity index (χ2n) is 4.94. The zero-order valence-corrected chi connectivity index (χ0v) is 15.2. The quantitative estimate of drug-likeness (QED) is 0.252. The predicted octanol–water partition coefficient (Wildman–Crippen LogP) is 2.37. The average Bonchev–Trinajstić information content (AvgIpc) is 2.86. The lowest BCUT2D eigenvalue weighted by atomic mass is 10.1. The van der Waals surface area contributed by atoms with E-state index in [0.29, 0.717) is 5.56 Å². The van der Waals surface area contributed by atoms with E-state index in [4.69, 9.17) is 17.0 Å². The summed E-state index contributed by atoms with van der Waals surface area (Å²) in [5, 5.41) is 11.1. The summed E-state index contributed by atoms with van der Waals surface area (Å²) in [4.78, 5) is 36.1. The van der Waals surface area contributed by atoms with Crippen molar-refractivity contribution in [2.24, 2.45) is 0 Å². The zero-order chi connectivity index (χ0) is 18.7. The van der Waals surface area contributed by atoms with E-state index in [1.165, 1.54) is 39.4 Å². The van der Waals surface area contributed by atoms with Gasteiger partial charge in [0.05, 0.1) is 24.0 Å². The maximum Gasteiger partial charge on any atom is 0.328 e. The standard InChI is InChI=1S/C15H14N2O6S2/c1-8(14(19)23-3)16-13(18)12(25-15(16)24)7-9-4-5-11(22-2)10(6-9)17(20)21/h4-8H,1-3H3. The molecule has 10 heteroatoms. The van der Waals surface area contributed by atoms with E-state index in [-0.39, 0.29) is 20.7 Å². The molecule has 1 atom stereocenters. The van der Waals surface area contributed by atoms with Crippen molar-refractivity contribution in [1.82, 2.24) is 4.90 Å². The van der Waals surface area contributed by atoms with E-state index < -0.39 is 22.8 Å². The molecule has 0 aliphatic carbocycles. The summed E-state index contributed by atoms with van der Waals surface area (Å²) in [6, 6.07) is 3.48. The second-order valence-corrected chi connectivity index (χ2v) is 6.62. The first kappa shape index (κ1) is 18.9. The fraction of sp³-hybridized carbons (Fsp3) is 0.267. The average molecular weight is 382 g/mol. The molecule has 0 bridgehead atoms. The van der Waals surface area contributed by atoms with E-state index in [1.54, 1.807) is 6.07 Å². The van der Waals surface area contributed by atoms with Crippen LogP contribution in [0.2, 0.25) is 0 Å². The van der Waals surface area contributed by atoms with Crippen molar-refractivity contribution < 1.29 is 24.0 Å². The lowest BCUT2D eigenvalue weighted by molar-refractivity contribution is -0.385. The van der Waals surface area contributed by atoms with Gasteiger partial charge < -0.3 is 9.47 Å². The molecule has 1 heterocycles. The van der Waals surface area contributed by atoms with Gasteiger partial charge in [-0.15, -0.1) is 0 Å². The van der Waals surface area contributed by atoms with Gasteiger partial charge in [0.1, 0.15) is 10.4 Å². The Labute approximate surface area is 152 Å². The Kier molecular flexibility index (Phi) is 5.75. The Morgan fingerprint density at radius 2 is 2.12 bits per heavy atom. The number of amides is 1. The van der Waals surface area contributed by atoms with Crippen molar-refractivity contribution in [3.8, 4) is 5.75 Å². The summed E-state index contributed by atoms with van der Waals surface area (Å²) in [6.45, 7) is 1.51. The molecular weight excluding hydrogens is 368 g/mol. The number of nitro groups is 1. The molecule has 1 unspecified atom stereocenters. The number of rotatable bonds is 5. The number of carbonyl (C=O) groups excluding carboxylic acids is 2.